The maximum atomic E-state index is 13.1. The van der Waals surface area contributed by atoms with Crippen molar-refractivity contribution in [2.24, 2.45) is 0 Å². The van der Waals surface area contributed by atoms with Gasteiger partial charge in [-0.15, -0.1) is 0 Å². The molecule has 170 valence electrons. The molecule has 0 bridgehead atoms. The smallest absolute Gasteiger partial charge is 0.335 e. The maximum Gasteiger partial charge on any atom is 0.335 e. The van der Waals surface area contributed by atoms with Crippen LogP contribution in [0.1, 0.15) is 15.9 Å². The molecule has 2 aromatic carbocycles. The summed E-state index contributed by atoms with van der Waals surface area (Å²) in [6.07, 6.45) is 1.66. The zero-order valence-corrected chi connectivity index (χ0v) is 19.1. The first-order valence-electron chi connectivity index (χ1n) is 10.1. The number of carbonyl (C=O) groups excluding carboxylic acids is 2. The fraction of sp³-hybridized carbons (Fsp3) is 0.217. The molecule has 2 amide bonds. The number of ether oxygens (including phenoxy) is 2. The van der Waals surface area contributed by atoms with Crippen molar-refractivity contribution in [1.29, 1.82) is 0 Å². The van der Waals surface area contributed by atoms with Crippen LogP contribution < -0.4 is 9.64 Å². The number of para-hydroxylation sites is 1. The number of thiocarbonyl (C=S) groups is 1. The summed E-state index contributed by atoms with van der Waals surface area (Å²) in [4.78, 5) is 40.1. The number of hydrogen-bond acceptors (Lipinski definition) is 7. The van der Waals surface area contributed by atoms with Crippen LogP contribution in [-0.4, -0.2) is 65.0 Å². The summed E-state index contributed by atoms with van der Waals surface area (Å²) in [5, 5.41) is 9.23. The zero-order chi connectivity index (χ0) is 23.4. The van der Waals surface area contributed by atoms with Gasteiger partial charge in [0.25, 0.3) is 11.8 Å². The van der Waals surface area contributed by atoms with E-state index < -0.39 is 5.97 Å². The summed E-state index contributed by atoms with van der Waals surface area (Å²) in [6.45, 7) is 1.98. The van der Waals surface area contributed by atoms with Gasteiger partial charge in [-0.1, -0.05) is 48.2 Å². The minimum Gasteiger partial charge on any atom is -0.483 e. The molecular formula is C23H20N2O6S2. The zero-order valence-electron chi connectivity index (χ0n) is 17.4. The van der Waals surface area contributed by atoms with Crippen LogP contribution in [0.15, 0.2) is 53.4 Å². The third-order valence-electron chi connectivity index (χ3n) is 5.07. The number of nitrogens with zero attached hydrogens (tertiary/aromatic N) is 2. The van der Waals surface area contributed by atoms with Crippen LogP contribution in [0.25, 0.3) is 6.08 Å². The van der Waals surface area contributed by atoms with E-state index in [0.29, 0.717) is 52.5 Å². The highest BCUT2D eigenvalue weighted by molar-refractivity contribution is 8.27. The van der Waals surface area contributed by atoms with Crippen LogP contribution >= 0.6 is 24.0 Å². The number of morpholine rings is 1. The number of carbonyl (C=O) groups is 3. The monoisotopic (exact) mass is 484 g/mol. The number of hydrogen-bond donors (Lipinski definition) is 1. The average Bonchev–Trinajstić information content (AvgIpc) is 3.11. The molecule has 33 heavy (non-hydrogen) atoms. The van der Waals surface area contributed by atoms with E-state index in [-0.39, 0.29) is 24.0 Å². The lowest BCUT2D eigenvalue weighted by atomic mass is 10.1. The van der Waals surface area contributed by atoms with Crippen molar-refractivity contribution in [3.05, 3.63) is 64.6 Å². The van der Waals surface area contributed by atoms with Gasteiger partial charge in [0.1, 0.15) is 5.75 Å². The van der Waals surface area contributed by atoms with Gasteiger partial charge in [-0.25, -0.2) is 4.79 Å². The Morgan fingerprint density at radius 1 is 1.15 bits per heavy atom. The first-order valence-corrected chi connectivity index (χ1v) is 11.3. The Morgan fingerprint density at radius 2 is 1.91 bits per heavy atom. The minimum atomic E-state index is -1.09. The lowest BCUT2D eigenvalue weighted by molar-refractivity contribution is -0.137. The fourth-order valence-corrected chi connectivity index (χ4v) is 4.67. The molecule has 2 saturated heterocycles. The number of rotatable bonds is 6. The summed E-state index contributed by atoms with van der Waals surface area (Å²) >= 11 is 6.50. The molecule has 0 saturated carbocycles. The van der Waals surface area contributed by atoms with Gasteiger partial charge in [0, 0.05) is 18.7 Å². The molecule has 0 aliphatic carbocycles. The highest BCUT2D eigenvalue weighted by Crippen LogP contribution is 2.37. The molecule has 10 heteroatoms. The number of benzene rings is 2. The van der Waals surface area contributed by atoms with Crippen LogP contribution in [0.2, 0.25) is 0 Å². The van der Waals surface area contributed by atoms with E-state index in [0.717, 1.165) is 11.8 Å². The van der Waals surface area contributed by atoms with Crippen molar-refractivity contribution in [3.8, 4) is 5.75 Å². The molecule has 1 N–H and O–H groups in total. The molecule has 2 aromatic rings. The van der Waals surface area contributed by atoms with Crippen molar-refractivity contribution in [1.82, 2.24) is 4.90 Å². The number of thioether (sulfide) groups is 1. The normalized spacial score (nSPS) is 17.5. The van der Waals surface area contributed by atoms with E-state index in [1.54, 1.807) is 47.4 Å². The first kappa shape index (κ1) is 23.0. The van der Waals surface area contributed by atoms with Crippen LogP contribution in [0, 0.1) is 0 Å². The van der Waals surface area contributed by atoms with Gasteiger partial charge in [-0.2, -0.15) is 0 Å². The quantitative estimate of drug-likeness (QED) is 0.494. The van der Waals surface area contributed by atoms with Gasteiger partial charge < -0.3 is 19.5 Å². The van der Waals surface area contributed by atoms with Crippen molar-refractivity contribution in [2.75, 3.05) is 37.8 Å². The van der Waals surface area contributed by atoms with Gasteiger partial charge in [-0.3, -0.25) is 14.5 Å². The molecule has 2 aliphatic heterocycles. The molecule has 4 rings (SSSR count). The average molecular weight is 485 g/mol. The predicted molar refractivity (Wildman–Crippen MR) is 128 cm³/mol. The van der Waals surface area contributed by atoms with Gasteiger partial charge in [0.05, 0.1) is 29.4 Å². The molecule has 0 atom stereocenters. The Balaban J connectivity index is 1.52. The summed E-state index contributed by atoms with van der Waals surface area (Å²) in [7, 11) is 0. The van der Waals surface area contributed by atoms with Crippen LogP contribution in [0.5, 0.6) is 5.75 Å². The Morgan fingerprint density at radius 3 is 2.67 bits per heavy atom. The number of carboxylic acid groups (broad SMARTS) is 1. The lowest BCUT2D eigenvalue weighted by Gasteiger charge is -2.26. The molecule has 8 nitrogen and oxygen atoms in total. The first-order chi connectivity index (χ1) is 15.9. The second-order valence-corrected chi connectivity index (χ2v) is 8.87. The summed E-state index contributed by atoms with van der Waals surface area (Å²) in [6, 6.07) is 13.2. The van der Waals surface area contributed by atoms with Crippen molar-refractivity contribution < 1.29 is 29.0 Å². The molecule has 0 spiro atoms. The van der Waals surface area contributed by atoms with Gasteiger partial charge in [0.15, 0.2) is 10.9 Å². The number of aromatic carboxylic acids is 1. The molecule has 0 unspecified atom stereocenters. The Bertz CT molecular complexity index is 1140. The minimum absolute atomic E-state index is 0.0641. The van der Waals surface area contributed by atoms with E-state index >= 15 is 0 Å². The maximum absolute atomic E-state index is 13.1. The molecule has 2 aliphatic rings. The van der Waals surface area contributed by atoms with Crippen molar-refractivity contribution >= 4 is 57.8 Å². The second-order valence-electron chi connectivity index (χ2n) is 7.19. The standard InChI is InChI=1S/C23H20N2O6S2/c26-20(24-8-10-30-11-9-24)14-31-18-7-2-1-4-15(18)13-19-21(27)25(23(32)33-19)17-6-3-5-16(12-17)22(28)29/h1-7,12-13H,8-11,14H2,(H,28,29)/b19-13+. The summed E-state index contributed by atoms with van der Waals surface area (Å²) < 4.78 is 11.3. The molecular weight excluding hydrogens is 464 g/mol. The third-order valence-corrected chi connectivity index (χ3v) is 6.37. The highest BCUT2D eigenvalue weighted by atomic mass is 32.2. The molecule has 2 fully saturated rings. The summed E-state index contributed by atoms with van der Waals surface area (Å²) in [5.74, 6) is -1.10. The van der Waals surface area contributed by atoms with E-state index in [2.05, 4.69) is 0 Å². The number of amides is 2. The molecule has 0 radical (unpaired) electrons. The van der Waals surface area contributed by atoms with E-state index in [4.69, 9.17) is 21.7 Å². The fourth-order valence-electron chi connectivity index (χ4n) is 3.38. The molecule has 0 aromatic heterocycles. The van der Waals surface area contributed by atoms with Crippen LogP contribution in [0.3, 0.4) is 0 Å². The molecule has 2 heterocycles. The van der Waals surface area contributed by atoms with Gasteiger partial charge >= 0.3 is 5.97 Å². The van der Waals surface area contributed by atoms with E-state index in [1.807, 2.05) is 0 Å². The Labute approximate surface area is 199 Å². The topological polar surface area (TPSA) is 96.4 Å². The SMILES string of the molecule is O=C(O)c1cccc(N2C(=O)/C(=C\c3ccccc3OCC(=O)N3CCOCC3)SC2=S)c1. The lowest BCUT2D eigenvalue weighted by Crippen LogP contribution is -2.43. The number of carboxylic acids is 1. The Kier molecular flexibility index (Phi) is 7.07. The van der Waals surface area contributed by atoms with E-state index in [9.17, 15) is 19.5 Å². The largest absolute Gasteiger partial charge is 0.483 e. The van der Waals surface area contributed by atoms with Crippen molar-refractivity contribution in [3.63, 3.8) is 0 Å². The van der Waals surface area contributed by atoms with Crippen molar-refractivity contribution in [2.45, 2.75) is 0 Å². The summed E-state index contributed by atoms with van der Waals surface area (Å²) in [5.41, 5.74) is 1.09. The van der Waals surface area contributed by atoms with Gasteiger partial charge in [-0.05, 0) is 30.3 Å². The third kappa shape index (κ3) is 5.24. The Hall–Kier alpha value is -3.21. The van der Waals surface area contributed by atoms with Crippen LogP contribution in [0.4, 0.5) is 5.69 Å². The van der Waals surface area contributed by atoms with Gasteiger partial charge in [0.2, 0.25) is 0 Å². The predicted octanol–water partition coefficient (Wildman–Crippen LogP) is 3.03. The highest BCUT2D eigenvalue weighted by Gasteiger charge is 2.33. The van der Waals surface area contributed by atoms with E-state index in [1.165, 1.54) is 17.0 Å². The second kappa shape index (κ2) is 10.2. The van der Waals surface area contributed by atoms with Crippen LogP contribution in [-0.2, 0) is 14.3 Å². The number of anilines is 1.